The summed E-state index contributed by atoms with van der Waals surface area (Å²) in [6.07, 6.45) is 0. The van der Waals surface area contributed by atoms with Crippen LogP contribution in [0.4, 0.5) is 5.69 Å². The van der Waals surface area contributed by atoms with Gasteiger partial charge in [-0.2, -0.15) is 5.26 Å². The lowest BCUT2D eigenvalue weighted by Gasteiger charge is -2.03. The third-order valence-corrected chi connectivity index (χ3v) is 3.40. The fourth-order valence-electron chi connectivity index (χ4n) is 1.70. The zero-order chi connectivity index (χ0) is 17.4. The Kier molecular flexibility index (Phi) is 6.23. The maximum absolute atomic E-state index is 11.9. The summed E-state index contributed by atoms with van der Waals surface area (Å²) in [5.41, 5.74) is 0.500. The molecule has 0 aromatic heterocycles. The summed E-state index contributed by atoms with van der Waals surface area (Å²) in [5, 5.41) is 14.9. The van der Waals surface area contributed by atoms with Crippen molar-refractivity contribution in [1.29, 1.82) is 5.26 Å². The molecule has 0 spiro atoms. The summed E-state index contributed by atoms with van der Waals surface area (Å²) in [6.45, 7) is -0.370. The smallest absolute Gasteiger partial charge is 0.288 e. The van der Waals surface area contributed by atoms with Crippen LogP contribution < -0.4 is 5.32 Å². The molecule has 120 valence electrons. The molecule has 0 saturated heterocycles. The third-order valence-electron chi connectivity index (χ3n) is 2.87. The van der Waals surface area contributed by atoms with Crippen molar-refractivity contribution in [3.05, 3.63) is 64.6 Å². The SMILES string of the molecule is N#C/C(=N/OCC(=O)c1ccc(Br)cc1)C(=O)Nc1ccccc1. The molecule has 0 aliphatic heterocycles. The van der Waals surface area contributed by atoms with Crippen LogP contribution in [-0.2, 0) is 9.63 Å². The average molecular weight is 386 g/mol. The average Bonchev–Trinajstić information content (AvgIpc) is 2.60. The first-order valence-corrected chi connectivity index (χ1v) is 7.64. The largest absolute Gasteiger partial charge is 0.386 e. The van der Waals surface area contributed by atoms with Gasteiger partial charge in [-0.25, -0.2) is 0 Å². The summed E-state index contributed by atoms with van der Waals surface area (Å²) < 4.78 is 0.849. The van der Waals surface area contributed by atoms with Gasteiger partial charge in [0.05, 0.1) is 0 Å². The highest BCUT2D eigenvalue weighted by atomic mass is 79.9. The Morgan fingerprint density at radius 3 is 2.42 bits per heavy atom. The van der Waals surface area contributed by atoms with Crippen molar-refractivity contribution in [2.75, 3.05) is 11.9 Å². The zero-order valence-electron chi connectivity index (χ0n) is 12.4. The van der Waals surface area contributed by atoms with Gasteiger partial charge in [0.1, 0.15) is 6.07 Å². The second-order valence-electron chi connectivity index (χ2n) is 4.58. The molecule has 2 aromatic rings. The number of ketones is 1. The molecule has 1 N–H and O–H groups in total. The summed E-state index contributed by atoms with van der Waals surface area (Å²) >= 11 is 3.27. The number of nitriles is 1. The van der Waals surface area contributed by atoms with Gasteiger partial charge in [0, 0.05) is 15.7 Å². The van der Waals surface area contributed by atoms with E-state index in [9.17, 15) is 9.59 Å². The van der Waals surface area contributed by atoms with Crippen molar-refractivity contribution in [3.63, 3.8) is 0 Å². The molecule has 0 unspecified atom stereocenters. The number of nitrogens with one attached hydrogen (secondary N) is 1. The number of oxime groups is 1. The number of anilines is 1. The molecule has 6 nitrogen and oxygen atoms in total. The molecule has 0 aliphatic rings. The monoisotopic (exact) mass is 385 g/mol. The van der Waals surface area contributed by atoms with Crippen molar-refractivity contribution in [2.24, 2.45) is 5.16 Å². The molecule has 0 radical (unpaired) electrons. The van der Waals surface area contributed by atoms with E-state index >= 15 is 0 Å². The predicted molar refractivity (Wildman–Crippen MR) is 92.5 cm³/mol. The molecule has 0 fully saturated rings. The summed E-state index contributed by atoms with van der Waals surface area (Å²) in [4.78, 5) is 28.6. The third kappa shape index (κ3) is 5.04. The number of benzene rings is 2. The van der Waals surface area contributed by atoms with Gasteiger partial charge in [-0.3, -0.25) is 9.59 Å². The molecule has 24 heavy (non-hydrogen) atoms. The van der Waals surface area contributed by atoms with Crippen LogP contribution in [0.1, 0.15) is 10.4 Å². The summed E-state index contributed by atoms with van der Waals surface area (Å²) in [7, 11) is 0. The molecule has 0 atom stereocenters. The van der Waals surface area contributed by atoms with Crippen molar-refractivity contribution in [2.45, 2.75) is 0 Å². The Bertz CT molecular complexity index is 796. The van der Waals surface area contributed by atoms with Crippen molar-refractivity contribution in [3.8, 4) is 6.07 Å². The fourth-order valence-corrected chi connectivity index (χ4v) is 1.96. The highest BCUT2D eigenvalue weighted by Gasteiger charge is 2.13. The van der Waals surface area contributed by atoms with Crippen LogP contribution in [0.25, 0.3) is 0 Å². The van der Waals surface area contributed by atoms with E-state index in [0.29, 0.717) is 11.3 Å². The molecule has 0 heterocycles. The van der Waals surface area contributed by atoms with Crippen LogP contribution in [0.15, 0.2) is 64.2 Å². The van der Waals surface area contributed by atoms with Gasteiger partial charge < -0.3 is 10.2 Å². The second kappa shape index (κ2) is 8.60. The number of hydrogen-bond donors (Lipinski definition) is 1. The van der Waals surface area contributed by atoms with Gasteiger partial charge in [-0.1, -0.05) is 51.4 Å². The van der Waals surface area contributed by atoms with E-state index in [4.69, 9.17) is 10.1 Å². The normalized spacial score (nSPS) is 10.6. The van der Waals surface area contributed by atoms with Crippen LogP contribution in [0, 0.1) is 11.3 Å². The van der Waals surface area contributed by atoms with Crippen molar-refractivity contribution < 1.29 is 14.4 Å². The number of para-hydroxylation sites is 1. The molecule has 0 saturated carbocycles. The van der Waals surface area contributed by atoms with E-state index in [0.717, 1.165) is 4.47 Å². The van der Waals surface area contributed by atoms with E-state index in [2.05, 4.69) is 26.4 Å². The first-order chi connectivity index (χ1) is 11.6. The number of hydrogen-bond acceptors (Lipinski definition) is 5. The Balaban J connectivity index is 1.93. The Hall–Kier alpha value is -2.98. The number of rotatable bonds is 6. The molecule has 1 amide bonds. The van der Waals surface area contributed by atoms with E-state index in [1.807, 2.05) is 0 Å². The molecule has 0 bridgehead atoms. The summed E-state index contributed by atoms with van der Waals surface area (Å²) in [5.74, 6) is -1.02. The molecular weight excluding hydrogens is 374 g/mol. The highest BCUT2D eigenvalue weighted by molar-refractivity contribution is 9.10. The highest BCUT2D eigenvalue weighted by Crippen LogP contribution is 2.11. The Morgan fingerprint density at radius 2 is 1.79 bits per heavy atom. The number of carbonyl (C=O) groups excluding carboxylic acids is 2. The first kappa shape index (κ1) is 17.4. The van der Waals surface area contributed by atoms with Gasteiger partial charge in [0.25, 0.3) is 5.91 Å². The number of carbonyl (C=O) groups is 2. The van der Waals surface area contributed by atoms with Gasteiger partial charge in [0.15, 0.2) is 6.61 Å². The number of nitrogens with zero attached hydrogens (tertiary/aromatic N) is 2. The molecule has 2 rings (SSSR count). The van der Waals surface area contributed by atoms with Crippen LogP contribution in [0.3, 0.4) is 0 Å². The van der Waals surface area contributed by atoms with Gasteiger partial charge in [0.2, 0.25) is 11.5 Å². The zero-order valence-corrected chi connectivity index (χ0v) is 14.0. The Labute approximate surface area is 146 Å². The van der Waals surface area contributed by atoms with Gasteiger partial charge in [-0.05, 0) is 24.3 Å². The van der Waals surface area contributed by atoms with Crippen LogP contribution >= 0.6 is 15.9 Å². The number of Topliss-reactive ketones (excluding diaryl/α,β-unsaturated/α-hetero) is 1. The lowest BCUT2D eigenvalue weighted by molar-refractivity contribution is -0.110. The Morgan fingerprint density at radius 1 is 1.12 bits per heavy atom. The molecular formula is C17H12BrN3O3. The van der Waals surface area contributed by atoms with Crippen molar-refractivity contribution >= 4 is 39.0 Å². The topological polar surface area (TPSA) is 91.5 Å². The first-order valence-electron chi connectivity index (χ1n) is 6.85. The summed E-state index contributed by atoms with van der Waals surface area (Å²) in [6, 6.07) is 17.0. The minimum absolute atomic E-state index is 0.313. The lowest BCUT2D eigenvalue weighted by atomic mass is 10.1. The standard InChI is InChI=1S/C17H12BrN3O3/c18-13-8-6-12(7-9-13)16(22)11-24-21-15(10-19)17(23)20-14-4-2-1-3-5-14/h1-9H,11H2,(H,20,23)/b21-15-. The van der Waals surface area contributed by atoms with Crippen LogP contribution in [0.2, 0.25) is 0 Å². The fraction of sp³-hybridized carbons (Fsp3) is 0.0588. The van der Waals surface area contributed by atoms with Gasteiger partial charge in [-0.15, -0.1) is 0 Å². The van der Waals surface area contributed by atoms with Crippen molar-refractivity contribution in [1.82, 2.24) is 0 Å². The predicted octanol–water partition coefficient (Wildman–Crippen LogP) is 3.17. The van der Waals surface area contributed by atoms with E-state index in [1.165, 1.54) is 0 Å². The maximum atomic E-state index is 11.9. The van der Waals surface area contributed by atoms with E-state index < -0.39 is 11.6 Å². The number of halogens is 1. The molecule has 0 aliphatic carbocycles. The second-order valence-corrected chi connectivity index (χ2v) is 5.49. The quantitative estimate of drug-likeness (QED) is 0.469. The van der Waals surface area contributed by atoms with E-state index in [1.54, 1.807) is 60.7 Å². The van der Waals surface area contributed by atoms with Crippen LogP contribution in [-0.4, -0.2) is 24.0 Å². The van der Waals surface area contributed by atoms with E-state index in [-0.39, 0.29) is 12.4 Å². The minimum atomic E-state index is -0.709. The van der Waals surface area contributed by atoms with Crippen LogP contribution in [0.5, 0.6) is 0 Å². The van der Waals surface area contributed by atoms with Gasteiger partial charge >= 0.3 is 0 Å². The molecule has 2 aromatic carbocycles. The maximum Gasteiger partial charge on any atom is 0.288 e. The molecule has 7 heteroatoms. The lowest BCUT2D eigenvalue weighted by Crippen LogP contribution is -2.22. The number of amides is 1. The minimum Gasteiger partial charge on any atom is -0.386 e.